The molecule has 2 rings (SSSR count). The highest BCUT2D eigenvalue weighted by Gasteiger charge is 2.16. The van der Waals surface area contributed by atoms with E-state index in [1.54, 1.807) is 0 Å². The minimum absolute atomic E-state index is 0.144. The number of piperazine rings is 1. The molecule has 1 aromatic rings. The van der Waals surface area contributed by atoms with Gasteiger partial charge in [-0.15, -0.1) is 0 Å². The van der Waals surface area contributed by atoms with Crippen molar-refractivity contribution in [2.75, 3.05) is 39.3 Å². The summed E-state index contributed by atoms with van der Waals surface area (Å²) in [5.74, 6) is -0.272. The molecule has 3 N–H and O–H groups in total. The molecule has 5 nitrogen and oxygen atoms in total. The SMILES string of the molecule is OB(O)c1ccc(OCCN2CCNCC2)cc1F. The Morgan fingerprint density at radius 1 is 1.32 bits per heavy atom. The maximum atomic E-state index is 13.5. The fraction of sp³-hybridized carbons (Fsp3) is 0.500. The van der Waals surface area contributed by atoms with Gasteiger partial charge in [-0.25, -0.2) is 4.39 Å². The van der Waals surface area contributed by atoms with E-state index in [2.05, 4.69) is 10.2 Å². The maximum Gasteiger partial charge on any atom is 0.491 e. The van der Waals surface area contributed by atoms with Crippen LogP contribution in [0.25, 0.3) is 0 Å². The van der Waals surface area contributed by atoms with Gasteiger partial charge in [-0.3, -0.25) is 4.90 Å². The molecule has 1 saturated heterocycles. The molecule has 0 radical (unpaired) electrons. The van der Waals surface area contributed by atoms with Crippen molar-refractivity contribution in [3.63, 3.8) is 0 Å². The van der Waals surface area contributed by atoms with Crippen LogP contribution in [0.3, 0.4) is 0 Å². The molecule has 0 saturated carbocycles. The lowest BCUT2D eigenvalue weighted by Crippen LogP contribution is -2.44. The van der Waals surface area contributed by atoms with Gasteiger partial charge >= 0.3 is 7.12 Å². The number of benzene rings is 1. The molecule has 0 spiro atoms. The Hall–Kier alpha value is -1.15. The molecule has 0 aromatic heterocycles. The van der Waals surface area contributed by atoms with Crippen molar-refractivity contribution in [1.82, 2.24) is 10.2 Å². The van der Waals surface area contributed by atoms with Crippen molar-refractivity contribution in [2.45, 2.75) is 0 Å². The first-order valence-electron chi connectivity index (χ1n) is 6.38. The molecule has 0 unspecified atom stereocenters. The smallest absolute Gasteiger partial charge is 0.491 e. The van der Waals surface area contributed by atoms with E-state index in [1.807, 2.05) is 0 Å². The van der Waals surface area contributed by atoms with Crippen molar-refractivity contribution in [3.05, 3.63) is 24.0 Å². The van der Waals surface area contributed by atoms with Crippen LogP contribution in [0, 0.1) is 5.82 Å². The van der Waals surface area contributed by atoms with E-state index in [1.165, 1.54) is 18.2 Å². The molecule has 0 bridgehead atoms. The van der Waals surface area contributed by atoms with Crippen LogP contribution in [0.5, 0.6) is 5.75 Å². The van der Waals surface area contributed by atoms with Crippen LogP contribution >= 0.6 is 0 Å². The van der Waals surface area contributed by atoms with E-state index >= 15 is 0 Å². The number of nitrogens with one attached hydrogen (secondary N) is 1. The normalized spacial score (nSPS) is 16.4. The summed E-state index contributed by atoms with van der Waals surface area (Å²) < 4.78 is 18.9. The van der Waals surface area contributed by atoms with E-state index in [4.69, 9.17) is 14.8 Å². The Morgan fingerprint density at radius 3 is 2.68 bits per heavy atom. The summed E-state index contributed by atoms with van der Waals surface area (Å²) in [6.07, 6.45) is 0. The van der Waals surface area contributed by atoms with Gasteiger partial charge in [0.25, 0.3) is 0 Å². The molecule has 0 atom stereocenters. The zero-order valence-corrected chi connectivity index (χ0v) is 10.7. The van der Waals surface area contributed by atoms with E-state index in [-0.39, 0.29) is 5.46 Å². The number of hydrogen-bond donors (Lipinski definition) is 3. The quantitative estimate of drug-likeness (QED) is 0.585. The summed E-state index contributed by atoms with van der Waals surface area (Å²) in [6.45, 7) is 5.24. The molecule has 104 valence electrons. The van der Waals surface area contributed by atoms with Crippen LogP contribution in [0.4, 0.5) is 4.39 Å². The van der Waals surface area contributed by atoms with Crippen LogP contribution in [0.2, 0.25) is 0 Å². The van der Waals surface area contributed by atoms with Crippen LogP contribution in [0.15, 0.2) is 18.2 Å². The Balaban J connectivity index is 1.81. The summed E-state index contributed by atoms with van der Waals surface area (Å²) in [5.41, 5.74) is -0.144. The summed E-state index contributed by atoms with van der Waals surface area (Å²) in [4.78, 5) is 2.28. The summed E-state index contributed by atoms with van der Waals surface area (Å²) in [7, 11) is -1.80. The molecule has 0 aliphatic carbocycles. The van der Waals surface area contributed by atoms with Crippen molar-refractivity contribution in [1.29, 1.82) is 0 Å². The predicted octanol–water partition coefficient (Wildman–Crippen LogP) is -1.21. The maximum absolute atomic E-state index is 13.5. The first kappa shape index (κ1) is 14.3. The zero-order valence-electron chi connectivity index (χ0n) is 10.7. The second kappa shape index (κ2) is 6.86. The predicted molar refractivity (Wildman–Crippen MR) is 71.0 cm³/mol. The van der Waals surface area contributed by atoms with Gasteiger partial charge in [0.1, 0.15) is 18.2 Å². The van der Waals surface area contributed by atoms with Gasteiger partial charge in [0, 0.05) is 44.3 Å². The summed E-state index contributed by atoms with van der Waals surface area (Å²) >= 11 is 0. The fourth-order valence-electron chi connectivity index (χ4n) is 2.03. The average molecular weight is 268 g/mol. The van der Waals surface area contributed by atoms with E-state index in [0.29, 0.717) is 12.4 Å². The molecule has 0 amide bonds. The van der Waals surface area contributed by atoms with Crippen molar-refractivity contribution in [3.8, 4) is 5.75 Å². The Bertz CT molecular complexity index is 414. The average Bonchev–Trinajstić information content (AvgIpc) is 2.39. The molecule has 7 heteroatoms. The Morgan fingerprint density at radius 2 is 2.05 bits per heavy atom. The van der Waals surface area contributed by atoms with Crippen LogP contribution in [-0.2, 0) is 0 Å². The van der Waals surface area contributed by atoms with Gasteiger partial charge in [-0.2, -0.15) is 0 Å². The second-order valence-corrected chi connectivity index (χ2v) is 4.50. The lowest BCUT2D eigenvalue weighted by atomic mass is 9.80. The number of hydrogen-bond acceptors (Lipinski definition) is 5. The van der Waals surface area contributed by atoms with Crippen molar-refractivity contribution in [2.24, 2.45) is 0 Å². The van der Waals surface area contributed by atoms with Gasteiger partial charge in [0.15, 0.2) is 0 Å². The third-order valence-electron chi connectivity index (χ3n) is 3.14. The van der Waals surface area contributed by atoms with Crippen LogP contribution in [-0.4, -0.2) is 61.4 Å². The number of rotatable bonds is 5. The highest BCUT2D eigenvalue weighted by atomic mass is 19.1. The lowest BCUT2D eigenvalue weighted by molar-refractivity contribution is 0.191. The van der Waals surface area contributed by atoms with E-state index in [9.17, 15) is 4.39 Å². The standard InChI is InChI=1S/C12H18BFN2O3/c14-12-9-10(1-2-11(12)13(17)18)19-8-7-16-5-3-15-4-6-16/h1-2,9,15,17-18H,3-8H2. The topological polar surface area (TPSA) is 65.0 Å². The molecular weight excluding hydrogens is 250 g/mol. The molecule has 1 aliphatic rings. The monoisotopic (exact) mass is 268 g/mol. The number of halogens is 1. The van der Waals surface area contributed by atoms with Gasteiger partial charge in [0.05, 0.1) is 0 Å². The fourth-order valence-corrected chi connectivity index (χ4v) is 2.03. The number of ether oxygens (including phenoxy) is 1. The number of nitrogens with zero attached hydrogens (tertiary/aromatic N) is 1. The van der Waals surface area contributed by atoms with E-state index < -0.39 is 12.9 Å². The zero-order chi connectivity index (χ0) is 13.7. The Kier molecular flexibility index (Phi) is 5.15. The lowest BCUT2D eigenvalue weighted by Gasteiger charge is -2.26. The summed E-state index contributed by atoms with van der Waals surface area (Å²) in [6, 6.07) is 4.03. The molecule has 1 aromatic carbocycles. The Labute approximate surface area is 112 Å². The van der Waals surface area contributed by atoms with Gasteiger partial charge in [-0.05, 0) is 6.07 Å². The molecule has 1 fully saturated rings. The van der Waals surface area contributed by atoms with Crippen LogP contribution in [0.1, 0.15) is 0 Å². The first-order valence-corrected chi connectivity index (χ1v) is 6.38. The third-order valence-corrected chi connectivity index (χ3v) is 3.14. The van der Waals surface area contributed by atoms with Crippen molar-refractivity contribution >= 4 is 12.6 Å². The van der Waals surface area contributed by atoms with Gasteiger partial charge in [0.2, 0.25) is 0 Å². The second-order valence-electron chi connectivity index (χ2n) is 4.50. The first-order chi connectivity index (χ1) is 9.16. The third kappa shape index (κ3) is 4.17. The van der Waals surface area contributed by atoms with Gasteiger partial charge < -0.3 is 20.1 Å². The largest absolute Gasteiger partial charge is 0.492 e. The minimum Gasteiger partial charge on any atom is -0.492 e. The molecular formula is C12H18BFN2O3. The highest BCUT2D eigenvalue weighted by Crippen LogP contribution is 2.11. The van der Waals surface area contributed by atoms with Crippen molar-refractivity contribution < 1.29 is 19.2 Å². The van der Waals surface area contributed by atoms with E-state index in [0.717, 1.165) is 32.7 Å². The van der Waals surface area contributed by atoms with Gasteiger partial charge in [-0.1, -0.05) is 6.07 Å². The molecule has 19 heavy (non-hydrogen) atoms. The highest BCUT2D eigenvalue weighted by molar-refractivity contribution is 6.58. The van der Waals surface area contributed by atoms with Crippen LogP contribution < -0.4 is 15.5 Å². The summed E-state index contributed by atoms with van der Waals surface area (Å²) in [5, 5.41) is 21.1. The minimum atomic E-state index is -1.80. The molecule has 1 aliphatic heterocycles. The molecule has 1 heterocycles.